The monoisotopic (exact) mass is 377 g/mol. The Morgan fingerprint density at radius 2 is 0.655 bits per heavy atom. The Hall–Kier alpha value is -3.16. The first-order valence-corrected chi connectivity index (χ1v) is 10.2. The van der Waals surface area contributed by atoms with E-state index in [0.717, 1.165) is 0 Å². The van der Waals surface area contributed by atoms with Crippen molar-refractivity contribution in [2.24, 2.45) is 5.73 Å². The van der Waals surface area contributed by atoms with Crippen LogP contribution in [-0.4, -0.2) is 5.54 Å². The lowest BCUT2D eigenvalue weighted by molar-refractivity contribution is 0.368. The summed E-state index contributed by atoms with van der Waals surface area (Å²) in [4.78, 5) is 0. The highest BCUT2D eigenvalue weighted by molar-refractivity contribution is 5.44. The highest BCUT2D eigenvalue weighted by Crippen LogP contribution is 2.44. The number of rotatable bonds is 6. The Bertz CT molecular complexity index is 845. The Morgan fingerprint density at radius 3 is 0.862 bits per heavy atom. The minimum Gasteiger partial charge on any atom is -0.324 e. The molecule has 0 fully saturated rings. The van der Waals surface area contributed by atoms with Crippen LogP contribution < -0.4 is 5.73 Å². The highest BCUT2D eigenvalue weighted by Gasteiger charge is 2.41. The summed E-state index contributed by atoms with van der Waals surface area (Å²) in [5, 5.41) is 0. The Morgan fingerprint density at radius 1 is 0.448 bits per heavy atom. The second kappa shape index (κ2) is 8.46. The van der Waals surface area contributed by atoms with Crippen LogP contribution in [0.3, 0.4) is 0 Å². The lowest BCUT2D eigenvalue weighted by atomic mass is 9.65. The summed E-state index contributed by atoms with van der Waals surface area (Å²) in [5.74, 6) is 0.102. The molecule has 0 bridgehead atoms. The molecule has 0 atom stereocenters. The van der Waals surface area contributed by atoms with Gasteiger partial charge in [0.25, 0.3) is 0 Å². The second-order valence-electron chi connectivity index (χ2n) is 7.87. The molecular formula is C28H27N. The van der Waals surface area contributed by atoms with Gasteiger partial charge in [0.15, 0.2) is 0 Å². The molecule has 1 heteroatoms. The topological polar surface area (TPSA) is 26.0 Å². The van der Waals surface area contributed by atoms with Gasteiger partial charge < -0.3 is 5.73 Å². The summed E-state index contributed by atoms with van der Waals surface area (Å²) in [6, 6.07) is 42.6. The molecule has 0 aliphatic heterocycles. The maximum Gasteiger partial charge on any atom is 0.0346 e. The van der Waals surface area contributed by atoms with E-state index in [1.54, 1.807) is 0 Å². The van der Waals surface area contributed by atoms with Gasteiger partial charge in [-0.2, -0.15) is 0 Å². The molecule has 2 N–H and O–H groups in total. The largest absolute Gasteiger partial charge is 0.324 e. The molecule has 144 valence electrons. The number of hydrogen-bond acceptors (Lipinski definition) is 1. The van der Waals surface area contributed by atoms with Crippen LogP contribution >= 0.6 is 0 Å². The molecule has 4 rings (SSSR count). The van der Waals surface area contributed by atoms with Crippen LogP contribution in [0.25, 0.3) is 0 Å². The third-order valence-electron chi connectivity index (χ3n) is 5.78. The fourth-order valence-corrected chi connectivity index (χ4v) is 4.57. The zero-order valence-corrected chi connectivity index (χ0v) is 16.8. The molecule has 4 aromatic rings. The average molecular weight is 378 g/mol. The predicted octanol–water partition coefficient (Wildman–Crippen LogP) is 6.37. The number of hydrogen-bond donors (Lipinski definition) is 1. The summed E-state index contributed by atoms with van der Waals surface area (Å²) >= 11 is 0. The van der Waals surface area contributed by atoms with Crippen molar-refractivity contribution in [3.63, 3.8) is 0 Å². The van der Waals surface area contributed by atoms with Crippen molar-refractivity contribution in [1.29, 1.82) is 0 Å². The molecule has 0 aromatic heterocycles. The van der Waals surface area contributed by atoms with Crippen molar-refractivity contribution < 1.29 is 0 Å². The third-order valence-corrected chi connectivity index (χ3v) is 5.78. The lowest BCUT2D eigenvalue weighted by Gasteiger charge is -2.42. The van der Waals surface area contributed by atoms with Crippen molar-refractivity contribution in [3.05, 3.63) is 144 Å². The fraction of sp³-hybridized carbons (Fsp3) is 0.143. The standard InChI is InChI=1S/C28H27N/c1-28(29,26(22-14-6-2-7-15-22)23-16-8-3-9-17-23)27(24-18-10-4-11-19-24)25-20-12-5-13-21-25/h2-21,26-27H,29H2,1H3. The first kappa shape index (κ1) is 19.2. The van der Waals surface area contributed by atoms with Crippen LogP contribution in [0.2, 0.25) is 0 Å². The normalized spacial score (nSPS) is 11.7. The molecule has 0 radical (unpaired) electrons. The molecule has 0 spiro atoms. The van der Waals surface area contributed by atoms with Crippen LogP contribution in [0.1, 0.15) is 41.0 Å². The quantitative estimate of drug-likeness (QED) is 0.415. The number of benzene rings is 4. The summed E-state index contributed by atoms with van der Waals surface area (Å²) in [6.07, 6.45) is 0. The first-order valence-electron chi connectivity index (χ1n) is 10.2. The van der Waals surface area contributed by atoms with E-state index in [-0.39, 0.29) is 11.8 Å². The second-order valence-corrected chi connectivity index (χ2v) is 7.87. The minimum atomic E-state index is -0.550. The SMILES string of the molecule is CC(N)(C(c1ccccc1)c1ccccc1)C(c1ccccc1)c1ccccc1. The van der Waals surface area contributed by atoms with E-state index in [0.29, 0.717) is 0 Å². The van der Waals surface area contributed by atoms with Crippen LogP contribution in [-0.2, 0) is 0 Å². The maximum absolute atomic E-state index is 7.33. The van der Waals surface area contributed by atoms with E-state index in [1.165, 1.54) is 22.3 Å². The molecular weight excluding hydrogens is 350 g/mol. The van der Waals surface area contributed by atoms with Gasteiger partial charge in [-0.25, -0.2) is 0 Å². The van der Waals surface area contributed by atoms with Crippen LogP contribution in [0, 0.1) is 0 Å². The van der Waals surface area contributed by atoms with Gasteiger partial charge in [0.05, 0.1) is 0 Å². The predicted molar refractivity (Wildman–Crippen MR) is 122 cm³/mol. The molecule has 0 amide bonds. The van der Waals surface area contributed by atoms with Crippen LogP contribution in [0.5, 0.6) is 0 Å². The van der Waals surface area contributed by atoms with E-state index in [1.807, 2.05) is 0 Å². The lowest BCUT2D eigenvalue weighted by Crippen LogP contribution is -2.49. The van der Waals surface area contributed by atoms with Crippen molar-refractivity contribution in [3.8, 4) is 0 Å². The summed E-state index contributed by atoms with van der Waals surface area (Å²) in [5.41, 5.74) is 11.7. The third kappa shape index (κ3) is 4.01. The highest BCUT2D eigenvalue weighted by atomic mass is 14.8. The van der Waals surface area contributed by atoms with Crippen LogP contribution in [0.15, 0.2) is 121 Å². The Labute approximate surface area is 173 Å². The van der Waals surface area contributed by atoms with Gasteiger partial charge in [-0.1, -0.05) is 121 Å². The molecule has 0 aliphatic rings. The van der Waals surface area contributed by atoms with E-state index in [2.05, 4.69) is 128 Å². The smallest absolute Gasteiger partial charge is 0.0346 e. The number of nitrogens with two attached hydrogens (primary N) is 1. The molecule has 0 heterocycles. The molecule has 1 nitrogen and oxygen atoms in total. The summed E-state index contributed by atoms with van der Waals surface area (Å²) < 4.78 is 0. The van der Waals surface area contributed by atoms with E-state index < -0.39 is 5.54 Å². The molecule has 29 heavy (non-hydrogen) atoms. The van der Waals surface area contributed by atoms with Crippen molar-refractivity contribution in [2.45, 2.75) is 24.3 Å². The Balaban J connectivity index is 1.91. The molecule has 0 saturated carbocycles. The maximum atomic E-state index is 7.33. The van der Waals surface area contributed by atoms with Gasteiger partial charge in [-0.05, 0) is 29.2 Å². The minimum absolute atomic E-state index is 0.0512. The van der Waals surface area contributed by atoms with E-state index >= 15 is 0 Å². The molecule has 0 unspecified atom stereocenters. The van der Waals surface area contributed by atoms with E-state index in [9.17, 15) is 0 Å². The van der Waals surface area contributed by atoms with Gasteiger partial charge >= 0.3 is 0 Å². The molecule has 0 aliphatic carbocycles. The Kier molecular flexibility index (Phi) is 5.59. The van der Waals surface area contributed by atoms with Crippen molar-refractivity contribution in [1.82, 2.24) is 0 Å². The van der Waals surface area contributed by atoms with Crippen molar-refractivity contribution in [2.75, 3.05) is 0 Å². The van der Waals surface area contributed by atoms with Gasteiger partial charge in [0.2, 0.25) is 0 Å². The molecule has 4 aromatic carbocycles. The fourth-order valence-electron chi connectivity index (χ4n) is 4.57. The van der Waals surface area contributed by atoms with Gasteiger partial charge in [-0.3, -0.25) is 0 Å². The van der Waals surface area contributed by atoms with Gasteiger partial charge in [-0.15, -0.1) is 0 Å². The molecule has 0 saturated heterocycles. The summed E-state index contributed by atoms with van der Waals surface area (Å²) in [7, 11) is 0. The first-order chi connectivity index (χ1) is 14.2. The van der Waals surface area contributed by atoms with E-state index in [4.69, 9.17) is 5.73 Å². The zero-order chi connectivity index (χ0) is 20.1. The average Bonchev–Trinajstić information content (AvgIpc) is 2.77. The van der Waals surface area contributed by atoms with Crippen molar-refractivity contribution >= 4 is 0 Å². The zero-order valence-electron chi connectivity index (χ0n) is 16.8. The van der Waals surface area contributed by atoms with Crippen LogP contribution in [0.4, 0.5) is 0 Å². The van der Waals surface area contributed by atoms with Gasteiger partial charge in [0, 0.05) is 17.4 Å². The summed E-state index contributed by atoms with van der Waals surface area (Å²) in [6.45, 7) is 2.20. The van der Waals surface area contributed by atoms with Gasteiger partial charge in [0.1, 0.15) is 0 Å².